The number of aryl methyl sites for hydroxylation is 1. The van der Waals surface area contributed by atoms with Crippen molar-refractivity contribution in [3.63, 3.8) is 0 Å². The van der Waals surface area contributed by atoms with E-state index in [1.165, 1.54) is 6.07 Å². The molecule has 1 aliphatic rings. The number of benzene rings is 1. The normalized spacial score (nSPS) is 16.9. The highest BCUT2D eigenvalue weighted by molar-refractivity contribution is 5.85. The monoisotopic (exact) mass is 422 g/mol. The second-order valence-electron chi connectivity index (χ2n) is 8.09. The number of rotatable bonds is 6. The van der Waals surface area contributed by atoms with Gasteiger partial charge >= 0.3 is 0 Å². The molecule has 6 nitrogen and oxygen atoms in total. The van der Waals surface area contributed by atoms with Gasteiger partial charge in [-0.3, -0.25) is 9.48 Å². The number of nitrogens with zero attached hydrogens (tertiary/aromatic N) is 3. The average Bonchev–Trinajstić information content (AvgIpc) is 3.37. The molecule has 1 aliphatic heterocycles. The van der Waals surface area contributed by atoms with E-state index in [0.29, 0.717) is 35.5 Å². The largest absolute Gasteiger partial charge is 0.481 e. The molecule has 2 aromatic heterocycles. The molecule has 0 aliphatic carbocycles. The molecule has 0 saturated carbocycles. The SMILES string of the molecule is CCn1ncc2c(F)cc(-c3ccc(/C(=C/C4CCC(=O)N4)C(C)C)c(OC)n3)cc21. The van der Waals surface area contributed by atoms with E-state index in [1.807, 2.05) is 25.1 Å². The van der Waals surface area contributed by atoms with Crippen LogP contribution in [0.4, 0.5) is 4.39 Å². The Morgan fingerprint density at radius 3 is 2.84 bits per heavy atom. The zero-order valence-electron chi connectivity index (χ0n) is 18.3. The van der Waals surface area contributed by atoms with Crippen LogP contribution in [0, 0.1) is 11.7 Å². The lowest BCUT2D eigenvalue weighted by molar-refractivity contribution is -0.119. The maximum atomic E-state index is 14.7. The van der Waals surface area contributed by atoms with Crippen molar-refractivity contribution in [2.24, 2.45) is 5.92 Å². The van der Waals surface area contributed by atoms with Crippen LogP contribution < -0.4 is 10.1 Å². The number of fused-ring (bicyclic) bond motifs is 1. The van der Waals surface area contributed by atoms with Crippen molar-refractivity contribution >= 4 is 22.4 Å². The Kier molecular flexibility index (Phi) is 5.76. The molecular weight excluding hydrogens is 395 g/mol. The van der Waals surface area contributed by atoms with Crippen molar-refractivity contribution in [3.8, 4) is 17.1 Å². The molecule has 1 atom stereocenters. The predicted molar refractivity (Wildman–Crippen MR) is 119 cm³/mol. The number of ether oxygens (including phenoxy) is 1. The molecule has 31 heavy (non-hydrogen) atoms. The van der Waals surface area contributed by atoms with Gasteiger partial charge in [-0.2, -0.15) is 5.10 Å². The van der Waals surface area contributed by atoms with Gasteiger partial charge in [-0.1, -0.05) is 19.9 Å². The smallest absolute Gasteiger partial charge is 0.221 e. The minimum Gasteiger partial charge on any atom is -0.481 e. The van der Waals surface area contributed by atoms with Crippen molar-refractivity contribution in [2.45, 2.75) is 46.2 Å². The maximum Gasteiger partial charge on any atom is 0.221 e. The van der Waals surface area contributed by atoms with E-state index in [9.17, 15) is 9.18 Å². The maximum absolute atomic E-state index is 14.7. The molecule has 1 unspecified atom stereocenters. The number of allylic oxidation sites excluding steroid dienone is 1. The first-order chi connectivity index (χ1) is 14.9. The van der Waals surface area contributed by atoms with Crippen LogP contribution in [0.5, 0.6) is 5.88 Å². The lowest BCUT2D eigenvalue weighted by Gasteiger charge is -2.18. The molecule has 1 aromatic carbocycles. The first-order valence-electron chi connectivity index (χ1n) is 10.6. The van der Waals surface area contributed by atoms with E-state index in [4.69, 9.17) is 9.72 Å². The van der Waals surface area contributed by atoms with Gasteiger partial charge in [0.1, 0.15) is 5.82 Å². The van der Waals surface area contributed by atoms with E-state index in [1.54, 1.807) is 18.0 Å². The number of amides is 1. The molecule has 1 saturated heterocycles. The third kappa shape index (κ3) is 4.04. The lowest BCUT2D eigenvalue weighted by atomic mass is 9.93. The Balaban J connectivity index is 1.77. The molecule has 1 amide bonds. The van der Waals surface area contributed by atoms with Crippen LogP contribution >= 0.6 is 0 Å². The minimum absolute atomic E-state index is 0.0140. The lowest BCUT2D eigenvalue weighted by Crippen LogP contribution is -2.23. The summed E-state index contributed by atoms with van der Waals surface area (Å²) in [4.78, 5) is 16.3. The van der Waals surface area contributed by atoms with E-state index >= 15 is 0 Å². The first-order valence-corrected chi connectivity index (χ1v) is 10.6. The van der Waals surface area contributed by atoms with Crippen LogP contribution in [0.25, 0.3) is 27.7 Å². The molecular formula is C24H27FN4O2. The summed E-state index contributed by atoms with van der Waals surface area (Å²) in [5, 5.41) is 7.73. The third-order valence-corrected chi connectivity index (χ3v) is 5.70. The van der Waals surface area contributed by atoms with Crippen LogP contribution in [0.15, 0.2) is 36.5 Å². The van der Waals surface area contributed by atoms with Gasteiger partial charge in [-0.15, -0.1) is 0 Å². The van der Waals surface area contributed by atoms with Crippen LogP contribution in [-0.4, -0.2) is 33.8 Å². The quantitative estimate of drug-likeness (QED) is 0.631. The number of nitrogens with one attached hydrogen (secondary N) is 1. The number of hydrogen-bond donors (Lipinski definition) is 1. The number of carbonyl (C=O) groups excluding carboxylic acids is 1. The average molecular weight is 423 g/mol. The molecule has 4 rings (SSSR count). The Bertz CT molecular complexity index is 1170. The first kappa shape index (κ1) is 21.0. The van der Waals surface area contributed by atoms with Gasteiger partial charge in [0.25, 0.3) is 0 Å². The highest BCUT2D eigenvalue weighted by Gasteiger charge is 2.22. The Labute approximate surface area is 181 Å². The molecule has 7 heteroatoms. The highest BCUT2D eigenvalue weighted by atomic mass is 19.1. The van der Waals surface area contributed by atoms with Gasteiger partial charge in [-0.05, 0) is 49.1 Å². The van der Waals surface area contributed by atoms with Crippen molar-refractivity contribution < 1.29 is 13.9 Å². The number of pyridine rings is 1. The van der Waals surface area contributed by atoms with Crippen molar-refractivity contribution in [1.82, 2.24) is 20.1 Å². The molecule has 0 spiro atoms. The summed E-state index contributed by atoms with van der Waals surface area (Å²) in [5.41, 5.74) is 3.98. The molecule has 162 valence electrons. The summed E-state index contributed by atoms with van der Waals surface area (Å²) in [6.45, 7) is 6.83. The van der Waals surface area contributed by atoms with Gasteiger partial charge < -0.3 is 10.1 Å². The minimum atomic E-state index is -0.322. The number of halogens is 1. The standard InChI is InChI=1S/C24H27FN4O2/c1-5-29-22-11-15(10-20(25)19(22)13-26-29)21-8-7-17(24(28-21)31-4)18(14(2)3)12-16-6-9-23(30)27-16/h7-8,10-14,16H,5-6,9H2,1-4H3,(H,27,30)/b18-12+. The Hall–Kier alpha value is -3.22. The van der Waals surface area contributed by atoms with Gasteiger partial charge in [0, 0.05) is 30.1 Å². The molecule has 0 bridgehead atoms. The second kappa shape index (κ2) is 8.49. The molecule has 0 radical (unpaired) electrons. The van der Waals surface area contributed by atoms with Crippen LogP contribution in [0.1, 0.15) is 39.2 Å². The van der Waals surface area contributed by atoms with Gasteiger partial charge in [0.15, 0.2) is 0 Å². The van der Waals surface area contributed by atoms with Crippen molar-refractivity contribution in [1.29, 1.82) is 0 Å². The number of methoxy groups -OCH3 is 1. The van der Waals surface area contributed by atoms with E-state index in [-0.39, 0.29) is 23.7 Å². The Morgan fingerprint density at radius 2 is 2.19 bits per heavy atom. The second-order valence-corrected chi connectivity index (χ2v) is 8.09. The van der Waals surface area contributed by atoms with Crippen molar-refractivity contribution in [3.05, 3.63) is 47.9 Å². The van der Waals surface area contributed by atoms with Crippen LogP contribution in [0.2, 0.25) is 0 Å². The van der Waals surface area contributed by atoms with E-state index in [0.717, 1.165) is 23.1 Å². The predicted octanol–water partition coefficient (Wildman–Crippen LogP) is 4.58. The van der Waals surface area contributed by atoms with E-state index in [2.05, 4.69) is 30.3 Å². The summed E-state index contributed by atoms with van der Waals surface area (Å²) in [7, 11) is 1.58. The van der Waals surface area contributed by atoms with E-state index < -0.39 is 0 Å². The highest BCUT2D eigenvalue weighted by Crippen LogP contribution is 2.34. The fourth-order valence-corrected chi connectivity index (χ4v) is 4.08. The topological polar surface area (TPSA) is 69.0 Å². The number of carbonyl (C=O) groups is 1. The fraction of sp³-hybridized carbons (Fsp3) is 0.375. The molecule has 1 N–H and O–H groups in total. The summed E-state index contributed by atoms with van der Waals surface area (Å²) < 4.78 is 22.1. The van der Waals surface area contributed by atoms with Gasteiger partial charge in [-0.25, -0.2) is 9.37 Å². The molecule has 3 aromatic rings. The fourth-order valence-electron chi connectivity index (χ4n) is 4.08. The number of hydrogen-bond acceptors (Lipinski definition) is 4. The summed E-state index contributed by atoms with van der Waals surface area (Å²) in [5.74, 6) is 0.448. The Morgan fingerprint density at radius 1 is 1.39 bits per heavy atom. The molecule has 3 heterocycles. The summed E-state index contributed by atoms with van der Waals surface area (Å²) >= 11 is 0. The van der Waals surface area contributed by atoms with Crippen LogP contribution in [-0.2, 0) is 11.3 Å². The van der Waals surface area contributed by atoms with Crippen molar-refractivity contribution in [2.75, 3.05) is 7.11 Å². The zero-order valence-corrected chi connectivity index (χ0v) is 18.3. The van der Waals surface area contributed by atoms with Crippen LogP contribution in [0.3, 0.4) is 0 Å². The zero-order chi connectivity index (χ0) is 22.1. The molecule has 1 fully saturated rings. The summed E-state index contributed by atoms with van der Waals surface area (Å²) in [6, 6.07) is 7.25. The van der Waals surface area contributed by atoms with Gasteiger partial charge in [0.2, 0.25) is 11.8 Å². The summed E-state index contributed by atoms with van der Waals surface area (Å²) in [6.07, 6.45) is 4.98. The number of aromatic nitrogens is 3. The third-order valence-electron chi connectivity index (χ3n) is 5.70. The van der Waals surface area contributed by atoms with Gasteiger partial charge in [0.05, 0.1) is 29.9 Å².